The van der Waals surface area contributed by atoms with Crippen molar-refractivity contribution in [2.24, 2.45) is 17.6 Å². The van der Waals surface area contributed by atoms with Gasteiger partial charge in [-0.3, -0.25) is 34.8 Å². The Labute approximate surface area is 566 Å². The summed E-state index contributed by atoms with van der Waals surface area (Å²) in [7, 11) is -8.55. The molecule has 96 heavy (non-hydrogen) atoms. The largest absolute Gasteiger partial charge is 0.488 e. The molecule has 13 N–H and O–H groups in total. The van der Waals surface area contributed by atoms with Gasteiger partial charge in [-0.15, -0.1) is 0 Å². The fraction of sp³-hybridized carbons (Fsp3) is 0.618. The lowest BCUT2D eigenvalue weighted by Gasteiger charge is -2.31. The first kappa shape index (κ1) is 77.3. The van der Waals surface area contributed by atoms with E-state index in [9.17, 15) is 45.9 Å². The van der Waals surface area contributed by atoms with E-state index in [1.165, 1.54) is 4.90 Å². The number of guanidine groups is 2. The normalized spacial score (nSPS) is 17.4. The van der Waals surface area contributed by atoms with Crippen molar-refractivity contribution in [3.05, 3.63) is 74.3 Å². The lowest BCUT2D eigenvalue weighted by atomic mass is 9.94. The molecule has 26 nitrogen and oxygen atoms in total. The first-order chi connectivity index (χ1) is 44.5. The number of likely N-dealkylation sites (tertiary alicyclic amines) is 1. The highest BCUT2D eigenvalue weighted by atomic mass is 32.2. The molecule has 6 rings (SSSR count). The summed E-state index contributed by atoms with van der Waals surface area (Å²) in [6.07, 6.45) is 2.09. The van der Waals surface area contributed by atoms with Crippen molar-refractivity contribution in [2.45, 2.75) is 251 Å². The van der Waals surface area contributed by atoms with Gasteiger partial charge in [-0.05, 0) is 198 Å². The van der Waals surface area contributed by atoms with E-state index >= 15 is 4.79 Å². The topological polar surface area (TPSA) is 392 Å². The smallest absolute Gasteiger partial charge is 0.326 e. The molecule has 5 amide bonds. The Balaban J connectivity index is 1.20. The van der Waals surface area contributed by atoms with Crippen molar-refractivity contribution >= 4 is 67.5 Å². The summed E-state index contributed by atoms with van der Waals surface area (Å²) < 4.78 is 78.8. The minimum absolute atomic E-state index is 0.00626. The molecule has 0 saturated carbocycles. The fourth-order valence-corrected chi connectivity index (χ4v) is 15.7. The van der Waals surface area contributed by atoms with Gasteiger partial charge in [0.05, 0.1) is 15.8 Å². The maximum atomic E-state index is 15.0. The number of sulfonamides is 2. The standard InChI is InChI=1S/C68H104N12O14S2/c1-18-37(4)53(61(84)76-51(63(86)87)32-36(2)3)77-59(82)50(33-44-25-27-45(28-26-44)92-66(11,12)13)75-60(83)52-24-21-31-80(52)62(85)49(23-20-30-73-65(71)79-96(90,91)57-41(8)39(6)55-47(43(57)10)35-68(16,17)94-55)74-58(81)48(69)22-19-29-72-64(70)78-95(88,89)56-40(7)38(5)54-46(42(56)9)34-67(14,15)93-54/h25-28,36-37,48-53H,18-24,29-35,69H2,1-17H3,(H,74,81)(H,75,83)(H,76,84)(H,77,82)(H,86,87)(H3,70,72,78)(H3,71,73,79)/t37-,48-,49-,50-,51-,52-,53-/m0/s1. The number of aliphatic carboxylic acids is 1. The molecular formula is C68H104N12O14S2. The predicted molar refractivity (Wildman–Crippen MR) is 366 cm³/mol. The lowest BCUT2D eigenvalue weighted by Crippen LogP contribution is -2.60. The zero-order chi connectivity index (χ0) is 71.9. The number of fused-ring (bicyclic) bond motifs is 2. The second-order valence-corrected chi connectivity index (χ2v) is 31.8. The molecule has 7 atom stereocenters. The van der Waals surface area contributed by atoms with Crippen LogP contribution in [-0.4, -0.2) is 147 Å². The molecule has 3 aromatic carbocycles. The second kappa shape index (κ2) is 31.2. The minimum Gasteiger partial charge on any atom is -0.488 e. The van der Waals surface area contributed by atoms with E-state index < -0.39 is 126 Å². The van der Waals surface area contributed by atoms with Crippen LogP contribution in [0.2, 0.25) is 0 Å². The molecule has 3 aliphatic heterocycles. The number of nitrogens with two attached hydrogens (primary N) is 1. The summed E-state index contributed by atoms with van der Waals surface area (Å²) in [5, 5.41) is 43.8. The first-order valence-electron chi connectivity index (χ1n) is 33.1. The number of carbonyl (C=O) groups is 6. The number of carboxylic acids is 1. The summed E-state index contributed by atoms with van der Waals surface area (Å²) in [6.45, 7) is 31.0. The Morgan fingerprint density at radius 2 is 1.18 bits per heavy atom. The van der Waals surface area contributed by atoms with Gasteiger partial charge < -0.3 is 61.9 Å². The Morgan fingerprint density at radius 3 is 1.65 bits per heavy atom. The highest BCUT2D eigenvalue weighted by Crippen LogP contribution is 2.45. The maximum absolute atomic E-state index is 15.0. The monoisotopic (exact) mass is 1380 g/mol. The molecule has 28 heteroatoms. The fourth-order valence-electron chi connectivity index (χ4n) is 12.6. The molecule has 0 aliphatic carbocycles. The Kier molecular flexibility index (Phi) is 25.1. The van der Waals surface area contributed by atoms with E-state index in [1.54, 1.807) is 72.7 Å². The second-order valence-electron chi connectivity index (χ2n) is 28.6. The van der Waals surface area contributed by atoms with Crippen LogP contribution < -0.4 is 61.3 Å². The molecule has 3 aromatic rings. The van der Waals surface area contributed by atoms with Crippen LogP contribution in [-0.2, 0) is 68.1 Å². The van der Waals surface area contributed by atoms with Crippen LogP contribution in [0.1, 0.15) is 178 Å². The van der Waals surface area contributed by atoms with Crippen LogP contribution in [0.25, 0.3) is 0 Å². The number of hydrogen-bond acceptors (Lipinski definition) is 16. The Morgan fingerprint density at radius 1 is 0.688 bits per heavy atom. The summed E-state index contributed by atoms with van der Waals surface area (Å²) in [6, 6.07) is -0.606. The number of carboxylic acid groups (broad SMARTS) is 1. The first-order valence-corrected chi connectivity index (χ1v) is 36.1. The van der Waals surface area contributed by atoms with Gasteiger partial charge in [-0.25, -0.2) is 31.1 Å². The third-order valence-corrected chi connectivity index (χ3v) is 21.1. The van der Waals surface area contributed by atoms with Crippen LogP contribution in [0.4, 0.5) is 0 Å². The summed E-state index contributed by atoms with van der Waals surface area (Å²) in [5.74, 6) is -4.60. The van der Waals surface area contributed by atoms with Gasteiger partial charge in [0.2, 0.25) is 41.5 Å². The van der Waals surface area contributed by atoms with Crippen LogP contribution in [0.5, 0.6) is 17.2 Å². The molecule has 1 fully saturated rings. The number of amides is 5. The number of nitrogens with one attached hydrogen (secondary N) is 10. The molecule has 0 aromatic heterocycles. The Hall–Kier alpha value is -7.72. The summed E-state index contributed by atoms with van der Waals surface area (Å²) in [4.78, 5) is 86.2. The van der Waals surface area contributed by atoms with Gasteiger partial charge in [0.25, 0.3) is 20.0 Å². The lowest BCUT2D eigenvalue weighted by molar-refractivity contribution is -0.143. The maximum Gasteiger partial charge on any atom is 0.326 e. The number of hydrogen-bond donors (Lipinski definition) is 12. The van der Waals surface area contributed by atoms with Crippen molar-refractivity contribution in [1.29, 1.82) is 10.8 Å². The predicted octanol–water partition coefficient (Wildman–Crippen LogP) is 5.68. The number of benzene rings is 3. The molecule has 0 radical (unpaired) electrons. The van der Waals surface area contributed by atoms with E-state index in [0.717, 1.165) is 11.1 Å². The summed E-state index contributed by atoms with van der Waals surface area (Å²) in [5.41, 5.74) is 10.4. The van der Waals surface area contributed by atoms with E-state index in [0.29, 0.717) is 81.9 Å². The zero-order valence-corrected chi connectivity index (χ0v) is 60.6. The van der Waals surface area contributed by atoms with Gasteiger partial charge in [0, 0.05) is 50.0 Å². The third-order valence-electron chi connectivity index (χ3n) is 17.9. The highest BCUT2D eigenvalue weighted by Gasteiger charge is 2.42. The molecule has 3 heterocycles. The average molecular weight is 1380 g/mol. The number of carbonyl (C=O) groups excluding carboxylic acids is 5. The van der Waals surface area contributed by atoms with Crippen molar-refractivity contribution in [1.82, 2.24) is 46.2 Å². The van der Waals surface area contributed by atoms with E-state index in [2.05, 4.69) is 41.3 Å². The van der Waals surface area contributed by atoms with E-state index in [-0.39, 0.29) is 80.3 Å². The quantitative estimate of drug-likeness (QED) is 0.0226. The number of rotatable bonds is 29. The van der Waals surface area contributed by atoms with Crippen LogP contribution in [0.15, 0.2) is 34.1 Å². The van der Waals surface area contributed by atoms with Gasteiger partial charge >= 0.3 is 5.97 Å². The van der Waals surface area contributed by atoms with Crippen molar-refractivity contribution in [3.63, 3.8) is 0 Å². The molecule has 0 spiro atoms. The number of ether oxygens (including phenoxy) is 3. The van der Waals surface area contributed by atoms with Crippen molar-refractivity contribution < 1.29 is 64.9 Å². The Bertz CT molecular complexity index is 3680. The minimum atomic E-state index is -4.31. The van der Waals surface area contributed by atoms with E-state index in [4.69, 9.17) is 30.8 Å². The summed E-state index contributed by atoms with van der Waals surface area (Å²) >= 11 is 0. The van der Waals surface area contributed by atoms with Crippen LogP contribution in [0.3, 0.4) is 0 Å². The van der Waals surface area contributed by atoms with Gasteiger partial charge in [-0.2, -0.15) is 0 Å². The van der Waals surface area contributed by atoms with Gasteiger partial charge in [0.15, 0.2) is 0 Å². The highest BCUT2D eigenvalue weighted by molar-refractivity contribution is 7.90. The SMILES string of the molecule is CC[C@H](C)[C@H](NC(=O)[C@H](Cc1ccc(OC(C)(C)C)cc1)NC(=O)[C@@H]1CCCN1C(=O)[C@H](CCCNC(=N)NS(=O)(=O)c1c(C)c(C)c2c(c1C)CC(C)(C)O2)NC(=O)[C@@H](N)CCCNC(=N)NS(=O)(=O)c1c(C)c(C)c2c(c1C)CC(C)(C)O2)C(=O)N[C@@H](CC(C)C)C(=O)O. The zero-order valence-electron chi connectivity index (χ0n) is 58.9. The molecule has 0 bridgehead atoms. The van der Waals surface area contributed by atoms with Crippen LogP contribution >= 0.6 is 0 Å². The molecule has 0 unspecified atom stereocenters. The van der Waals surface area contributed by atoms with Gasteiger partial charge in [0.1, 0.15) is 64.3 Å². The molecule has 3 aliphatic rings. The molecule has 1 saturated heterocycles. The van der Waals surface area contributed by atoms with Gasteiger partial charge in [-0.1, -0.05) is 46.2 Å². The third kappa shape index (κ3) is 19.5. The molecular weight excluding hydrogens is 1270 g/mol. The van der Waals surface area contributed by atoms with Crippen molar-refractivity contribution in [2.75, 3.05) is 19.6 Å². The number of nitrogens with zero attached hydrogens (tertiary/aromatic N) is 1. The van der Waals surface area contributed by atoms with E-state index in [1.807, 2.05) is 69.2 Å². The van der Waals surface area contributed by atoms with Crippen LogP contribution in [0, 0.1) is 64.2 Å². The molecule has 532 valence electrons. The average Bonchev–Trinajstić information content (AvgIpc) is 1.52. The van der Waals surface area contributed by atoms with Crippen molar-refractivity contribution in [3.8, 4) is 17.2 Å².